The number of hydrogen-bond donors (Lipinski definition) is 0. The molecule has 1 heterocycles. The molecule has 0 bridgehead atoms. The van der Waals surface area contributed by atoms with Crippen LogP contribution in [0.15, 0.2) is 35.2 Å². The van der Waals surface area contributed by atoms with E-state index in [-0.39, 0.29) is 10.9 Å². The van der Waals surface area contributed by atoms with Crippen LogP contribution in [0.25, 0.3) is 0 Å². The van der Waals surface area contributed by atoms with Crippen molar-refractivity contribution in [3.63, 3.8) is 0 Å². The minimum absolute atomic E-state index is 0.131. The first-order valence-corrected chi connectivity index (χ1v) is 8.38. The average molecular weight is 311 g/mol. The highest BCUT2D eigenvalue weighted by Crippen LogP contribution is 2.32. The van der Waals surface area contributed by atoms with Gasteiger partial charge in [0, 0.05) is 18.7 Å². The zero-order chi connectivity index (χ0) is 15.5. The number of nitrogens with zero attached hydrogens (tertiary/aromatic N) is 1. The van der Waals surface area contributed by atoms with E-state index in [2.05, 4.69) is 0 Å². The van der Waals surface area contributed by atoms with Gasteiger partial charge in [0.2, 0.25) is 10.0 Å². The topological polar surface area (TPSA) is 55.8 Å². The molecule has 1 aromatic carbocycles. The highest BCUT2D eigenvalue weighted by molar-refractivity contribution is 7.89. The van der Waals surface area contributed by atoms with Gasteiger partial charge in [-0.05, 0) is 32.4 Å². The summed E-state index contributed by atoms with van der Waals surface area (Å²) < 4.78 is 38.0. The Kier molecular flexibility index (Phi) is 4.90. The molecule has 1 aliphatic rings. The SMILES string of the molecule is COc1ccc2c(c1)OCC/C=C\CN(C(C)C)S2(=O)=O. The maximum absolute atomic E-state index is 12.9. The molecular weight excluding hydrogens is 290 g/mol. The second-order valence-corrected chi connectivity index (χ2v) is 6.95. The number of methoxy groups -OCH3 is 1. The maximum atomic E-state index is 12.9. The van der Waals surface area contributed by atoms with Gasteiger partial charge in [0.15, 0.2) is 0 Å². The fourth-order valence-corrected chi connectivity index (χ4v) is 3.89. The van der Waals surface area contributed by atoms with E-state index in [0.717, 1.165) is 6.42 Å². The van der Waals surface area contributed by atoms with Crippen molar-refractivity contribution in [3.05, 3.63) is 30.4 Å². The molecule has 0 aromatic heterocycles. The second-order valence-electron chi connectivity index (χ2n) is 5.09. The van der Waals surface area contributed by atoms with Gasteiger partial charge < -0.3 is 9.47 Å². The molecule has 0 fully saturated rings. The van der Waals surface area contributed by atoms with Crippen LogP contribution < -0.4 is 9.47 Å². The van der Waals surface area contributed by atoms with Crippen molar-refractivity contribution >= 4 is 10.0 Å². The minimum Gasteiger partial charge on any atom is -0.497 e. The fraction of sp³-hybridized carbons (Fsp3) is 0.467. The molecular formula is C15H21NO4S. The monoisotopic (exact) mass is 311 g/mol. The van der Waals surface area contributed by atoms with E-state index >= 15 is 0 Å². The molecule has 0 amide bonds. The standard InChI is InChI=1S/C15H21NO4S/c1-12(2)16-9-5-4-6-10-20-14-11-13(19-3)7-8-15(14)21(16,17)18/h4-5,7-8,11-12H,6,9-10H2,1-3H3/b5-4-. The highest BCUT2D eigenvalue weighted by Gasteiger charge is 2.29. The Morgan fingerprint density at radius 1 is 1.29 bits per heavy atom. The number of rotatable bonds is 2. The molecule has 0 saturated heterocycles. The third-order valence-electron chi connectivity index (χ3n) is 3.31. The average Bonchev–Trinajstić information content (AvgIpc) is 2.44. The summed E-state index contributed by atoms with van der Waals surface area (Å²) in [4.78, 5) is 0.187. The van der Waals surface area contributed by atoms with Crippen LogP contribution in [-0.2, 0) is 10.0 Å². The molecule has 21 heavy (non-hydrogen) atoms. The molecule has 1 aliphatic heterocycles. The van der Waals surface area contributed by atoms with Crippen LogP contribution in [0.1, 0.15) is 20.3 Å². The van der Waals surface area contributed by atoms with Crippen molar-refractivity contribution in [2.75, 3.05) is 20.3 Å². The van der Waals surface area contributed by atoms with E-state index in [4.69, 9.17) is 9.47 Å². The first kappa shape index (κ1) is 15.9. The van der Waals surface area contributed by atoms with Crippen molar-refractivity contribution in [2.24, 2.45) is 0 Å². The van der Waals surface area contributed by atoms with Crippen LogP contribution in [0.3, 0.4) is 0 Å². The van der Waals surface area contributed by atoms with E-state index in [1.165, 1.54) is 4.31 Å². The lowest BCUT2D eigenvalue weighted by Gasteiger charge is -2.26. The van der Waals surface area contributed by atoms with Gasteiger partial charge in [-0.25, -0.2) is 8.42 Å². The lowest BCUT2D eigenvalue weighted by atomic mass is 10.3. The van der Waals surface area contributed by atoms with Gasteiger partial charge in [-0.1, -0.05) is 12.2 Å². The Morgan fingerprint density at radius 3 is 2.71 bits per heavy atom. The lowest BCUT2D eigenvalue weighted by molar-refractivity contribution is 0.308. The van der Waals surface area contributed by atoms with Crippen molar-refractivity contribution < 1.29 is 17.9 Å². The Labute approximate surface area is 126 Å². The maximum Gasteiger partial charge on any atom is 0.247 e. The molecule has 0 N–H and O–H groups in total. The van der Waals surface area contributed by atoms with Gasteiger partial charge in [-0.15, -0.1) is 0 Å². The summed E-state index contributed by atoms with van der Waals surface area (Å²) in [5.41, 5.74) is 0. The molecule has 6 heteroatoms. The molecule has 0 saturated carbocycles. The van der Waals surface area contributed by atoms with Gasteiger partial charge in [0.1, 0.15) is 16.4 Å². The molecule has 0 atom stereocenters. The van der Waals surface area contributed by atoms with Gasteiger partial charge >= 0.3 is 0 Å². The van der Waals surface area contributed by atoms with E-state index in [1.807, 2.05) is 26.0 Å². The summed E-state index contributed by atoms with van der Waals surface area (Å²) >= 11 is 0. The van der Waals surface area contributed by atoms with Crippen molar-refractivity contribution in [1.29, 1.82) is 0 Å². The predicted molar refractivity (Wildman–Crippen MR) is 81.3 cm³/mol. The predicted octanol–water partition coefficient (Wildman–Crippen LogP) is 2.43. The minimum atomic E-state index is -3.60. The lowest BCUT2D eigenvalue weighted by Crippen LogP contribution is -2.37. The van der Waals surface area contributed by atoms with Crippen molar-refractivity contribution in [2.45, 2.75) is 31.2 Å². The van der Waals surface area contributed by atoms with Crippen LogP contribution in [0.2, 0.25) is 0 Å². The van der Waals surface area contributed by atoms with Crippen LogP contribution in [0.5, 0.6) is 11.5 Å². The summed E-state index contributed by atoms with van der Waals surface area (Å²) in [6, 6.07) is 4.68. The molecule has 116 valence electrons. The Bertz CT molecular complexity index is 623. The zero-order valence-corrected chi connectivity index (χ0v) is 13.4. The first-order chi connectivity index (χ1) is 9.96. The molecule has 0 aliphatic carbocycles. The number of ether oxygens (including phenoxy) is 2. The van der Waals surface area contributed by atoms with Crippen LogP contribution in [-0.4, -0.2) is 39.0 Å². The largest absolute Gasteiger partial charge is 0.497 e. The third-order valence-corrected chi connectivity index (χ3v) is 5.39. The number of benzene rings is 1. The quantitative estimate of drug-likeness (QED) is 0.787. The number of hydrogen-bond acceptors (Lipinski definition) is 4. The van der Waals surface area contributed by atoms with Crippen molar-refractivity contribution in [1.82, 2.24) is 4.31 Å². The Balaban J connectivity index is 2.55. The van der Waals surface area contributed by atoms with E-state index < -0.39 is 10.0 Å². The van der Waals surface area contributed by atoms with Crippen molar-refractivity contribution in [3.8, 4) is 11.5 Å². The summed E-state index contributed by atoms with van der Waals surface area (Å²) in [6.07, 6.45) is 4.55. The Morgan fingerprint density at radius 2 is 2.05 bits per heavy atom. The molecule has 2 rings (SSSR count). The van der Waals surface area contributed by atoms with Crippen LogP contribution in [0.4, 0.5) is 0 Å². The zero-order valence-electron chi connectivity index (χ0n) is 12.6. The highest BCUT2D eigenvalue weighted by atomic mass is 32.2. The summed E-state index contributed by atoms with van der Waals surface area (Å²) in [6.45, 7) is 4.53. The van der Waals surface area contributed by atoms with Crippen LogP contribution in [0, 0.1) is 0 Å². The molecule has 1 aromatic rings. The smallest absolute Gasteiger partial charge is 0.247 e. The van der Waals surface area contributed by atoms with Gasteiger partial charge in [-0.3, -0.25) is 0 Å². The molecule has 0 spiro atoms. The van der Waals surface area contributed by atoms with E-state index in [9.17, 15) is 8.42 Å². The molecule has 0 unspecified atom stereocenters. The van der Waals surface area contributed by atoms with Gasteiger partial charge in [0.25, 0.3) is 0 Å². The number of sulfonamides is 1. The first-order valence-electron chi connectivity index (χ1n) is 6.94. The molecule has 5 nitrogen and oxygen atoms in total. The van der Waals surface area contributed by atoms with Gasteiger partial charge in [0.05, 0.1) is 13.7 Å². The molecule has 0 radical (unpaired) electrons. The summed E-state index contributed by atoms with van der Waals surface area (Å²) in [5.74, 6) is 0.919. The fourth-order valence-electron chi connectivity index (χ4n) is 2.19. The van der Waals surface area contributed by atoms with Crippen LogP contribution >= 0.6 is 0 Å². The third kappa shape index (κ3) is 3.39. The van der Waals surface area contributed by atoms with Gasteiger partial charge in [-0.2, -0.15) is 4.31 Å². The second kappa shape index (κ2) is 6.49. The van der Waals surface area contributed by atoms with E-state index in [1.54, 1.807) is 25.3 Å². The number of fused-ring (bicyclic) bond motifs is 1. The summed E-state index contributed by atoms with van der Waals surface area (Å²) in [7, 11) is -2.06. The van der Waals surface area contributed by atoms with E-state index in [0.29, 0.717) is 24.7 Å². The normalized spacial score (nSPS) is 20.4. The summed E-state index contributed by atoms with van der Waals surface area (Å²) in [5, 5.41) is 0. The Hall–Kier alpha value is -1.53.